The Morgan fingerprint density at radius 3 is 2.86 bits per heavy atom. The lowest BCUT2D eigenvalue weighted by Crippen LogP contribution is -2.22. The van der Waals surface area contributed by atoms with E-state index in [0.29, 0.717) is 19.4 Å². The van der Waals surface area contributed by atoms with E-state index in [9.17, 15) is 9.18 Å². The summed E-state index contributed by atoms with van der Waals surface area (Å²) in [7, 11) is 0. The Bertz CT molecular complexity index is 630. The van der Waals surface area contributed by atoms with Crippen molar-refractivity contribution in [3.8, 4) is 0 Å². The Labute approximate surface area is 139 Å². The Kier molecular flexibility index (Phi) is 5.61. The van der Waals surface area contributed by atoms with Crippen LogP contribution in [0.3, 0.4) is 0 Å². The minimum absolute atomic E-state index is 0.264. The number of hydrogen-bond donors (Lipinski definition) is 1. The van der Waals surface area contributed by atoms with Crippen molar-refractivity contribution < 1.29 is 13.9 Å². The maximum absolute atomic E-state index is 13.3. The number of ether oxygens (including phenoxy) is 1. The van der Waals surface area contributed by atoms with E-state index < -0.39 is 12.0 Å². The normalized spacial score (nSPS) is 12.0. The first-order valence-corrected chi connectivity index (χ1v) is 8.13. The molecule has 21 heavy (non-hydrogen) atoms. The van der Waals surface area contributed by atoms with Crippen LogP contribution in [0.4, 0.5) is 10.1 Å². The standard InChI is InChI=1S/C14H12BrClFNO2S/c1-2-20-14(19)12(11-7-10(15)13(16)21-11)18-9-5-3-4-8(17)6-9/h3-7,12,18H,2H2,1H3. The van der Waals surface area contributed by atoms with Crippen LogP contribution in [0.1, 0.15) is 17.8 Å². The summed E-state index contributed by atoms with van der Waals surface area (Å²) in [6, 6.07) is 6.91. The summed E-state index contributed by atoms with van der Waals surface area (Å²) in [6.07, 6.45) is 0. The minimum Gasteiger partial charge on any atom is -0.464 e. The van der Waals surface area contributed by atoms with Gasteiger partial charge in [0.15, 0.2) is 6.04 Å². The highest BCUT2D eigenvalue weighted by molar-refractivity contribution is 9.10. The Hall–Kier alpha value is -1.11. The summed E-state index contributed by atoms with van der Waals surface area (Å²) < 4.78 is 19.6. The van der Waals surface area contributed by atoms with E-state index in [4.69, 9.17) is 16.3 Å². The number of rotatable bonds is 5. The predicted octanol–water partition coefficient (Wildman–Crippen LogP) is 5.02. The topological polar surface area (TPSA) is 38.3 Å². The van der Waals surface area contributed by atoms with Crippen LogP contribution >= 0.6 is 38.9 Å². The van der Waals surface area contributed by atoms with Crippen LogP contribution in [0.5, 0.6) is 0 Å². The van der Waals surface area contributed by atoms with Crippen molar-refractivity contribution in [1.29, 1.82) is 0 Å². The number of halogens is 3. The molecule has 112 valence electrons. The van der Waals surface area contributed by atoms with Crippen LogP contribution in [-0.4, -0.2) is 12.6 Å². The molecule has 0 radical (unpaired) electrons. The molecule has 0 saturated carbocycles. The largest absolute Gasteiger partial charge is 0.464 e. The van der Waals surface area contributed by atoms with Gasteiger partial charge in [0.25, 0.3) is 0 Å². The van der Waals surface area contributed by atoms with Crippen molar-refractivity contribution in [2.24, 2.45) is 0 Å². The van der Waals surface area contributed by atoms with E-state index in [2.05, 4.69) is 21.2 Å². The number of hydrogen-bond acceptors (Lipinski definition) is 4. The van der Waals surface area contributed by atoms with E-state index in [0.717, 1.165) is 0 Å². The molecular weight excluding hydrogens is 381 g/mol. The van der Waals surface area contributed by atoms with Crippen LogP contribution in [0.2, 0.25) is 4.34 Å². The minimum atomic E-state index is -0.736. The van der Waals surface area contributed by atoms with Crippen LogP contribution in [0, 0.1) is 5.82 Å². The van der Waals surface area contributed by atoms with Crippen LogP contribution in [0.25, 0.3) is 0 Å². The van der Waals surface area contributed by atoms with Gasteiger partial charge in [0.2, 0.25) is 0 Å². The Morgan fingerprint density at radius 1 is 1.52 bits per heavy atom. The molecule has 1 aromatic heterocycles. The van der Waals surface area contributed by atoms with Gasteiger partial charge in [-0.3, -0.25) is 0 Å². The number of esters is 1. The summed E-state index contributed by atoms with van der Waals surface area (Å²) in [5.41, 5.74) is 0.494. The molecule has 0 amide bonds. The Balaban J connectivity index is 2.30. The highest BCUT2D eigenvalue weighted by Gasteiger charge is 2.25. The number of nitrogens with one attached hydrogen (secondary N) is 1. The van der Waals surface area contributed by atoms with Crippen molar-refractivity contribution in [3.63, 3.8) is 0 Å². The quantitative estimate of drug-likeness (QED) is 0.726. The second-order valence-electron chi connectivity index (χ2n) is 4.11. The number of thiophene rings is 1. The zero-order valence-corrected chi connectivity index (χ0v) is 14.2. The van der Waals surface area contributed by atoms with E-state index in [1.165, 1.54) is 23.5 Å². The second-order valence-corrected chi connectivity index (χ2v) is 6.65. The molecule has 1 N–H and O–H groups in total. The zero-order chi connectivity index (χ0) is 15.4. The average molecular weight is 393 g/mol. The number of benzene rings is 1. The summed E-state index contributed by atoms with van der Waals surface area (Å²) in [4.78, 5) is 12.8. The van der Waals surface area contributed by atoms with Crippen molar-refractivity contribution in [3.05, 3.63) is 49.8 Å². The van der Waals surface area contributed by atoms with Crippen molar-refractivity contribution in [2.45, 2.75) is 13.0 Å². The monoisotopic (exact) mass is 391 g/mol. The molecule has 2 aromatic rings. The van der Waals surface area contributed by atoms with Gasteiger partial charge >= 0.3 is 5.97 Å². The third kappa shape index (κ3) is 4.18. The summed E-state index contributed by atoms with van der Waals surface area (Å²) in [6.45, 7) is 1.99. The lowest BCUT2D eigenvalue weighted by Gasteiger charge is -2.17. The first kappa shape index (κ1) is 16.3. The molecule has 0 saturated heterocycles. The molecule has 2 rings (SSSR count). The lowest BCUT2D eigenvalue weighted by molar-refractivity contribution is -0.144. The highest BCUT2D eigenvalue weighted by Crippen LogP contribution is 2.36. The summed E-state index contributed by atoms with van der Waals surface area (Å²) in [5, 5.41) is 2.98. The van der Waals surface area contributed by atoms with Gasteiger partial charge < -0.3 is 10.1 Å². The first-order chi connectivity index (χ1) is 10.0. The van der Waals surface area contributed by atoms with Crippen molar-refractivity contribution in [1.82, 2.24) is 0 Å². The lowest BCUT2D eigenvalue weighted by atomic mass is 10.2. The van der Waals surface area contributed by atoms with E-state index in [-0.39, 0.29) is 12.4 Å². The molecule has 3 nitrogen and oxygen atoms in total. The molecule has 1 atom stereocenters. The number of anilines is 1. The van der Waals surface area contributed by atoms with E-state index >= 15 is 0 Å². The van der Waals surface area contributed by atoms with E-state index in [1.807, 2.05) is 0 Å². The molecule has 1 unspecified atom stereocenters. The van der Waals surface area contributed by atoms with Crippen LogP contribution in [0.15, 0.2) is 34.8 Å². The van der Waals surface area contributed by atoms with Crippen molar-refractivity contribution in [2.75, 3.05) is 11.9 Å². The number of carbonyl (C=O) groups excluding carboxylic acids is 1. The van der Waals surface area contributed by atoms with Crippen molar-refractivity contribution >= 4 is 50.5 Å². The highest BCUT2D eigenvalue weighted by atomic mass is 79.9. The van der Waals surface area contributed by atoms with Crippen LogP contribution < -0.4 is 5.32 Å². The van der Waals surface area contributed by atoms with Gasteiger partial charge in [0, 0.05) is 15.0 Å². The first-order valence-electron chi connectivity index (χ1n) is 6.14. The molecule has 0 aliphatic rings. The molecule has 0 fully saturated rings. The SMILES string of the molecule is CCOC(=O)C(Nc1cccc(F)c1)c1cc(Br)c(Cl)s1. The third-order valence-electron chi connectivity index (χ3n) is 2.61. The maximum atomic E-state index is 13.3. The average Bonchev–Trinajstić information content (AvgIpc) is 2.76. The van der Waals surface area contributed by atoms with Crippen LogP contribution in [-0.2, 0) is 9.53 Å². The van der Waals surface area contributed by atoms with Gasteiger partial charge in [-0.2, -0.15) is 0 Å². The summed E-state index contributed by atoms with van der Waals surface area (Å²) in [5.74, 6) is -0.819. The fraction of sp³-hybridized carbons (Fsp3) is 0.214. The Morgan fingerprint density at radius 2 is 2.29 bits per heavy atom. The molecule has 0 aliphatic carbocycles. The van der Waals surface area contributed by atoms with Gasteiger partial charge in [-0.1, -0.05) is 17.7 Å². The molecule has 1 heterocycles. The second kappa shape index (κ2) is 7.24. The maximum Gasteiger partial charge on any atom is 0.334 e. The molecular formula is C14H12BrClFNO2S. The molecule has 7 heteroatoms. The molecule has 0 aliphatic heterocycles. The van der Waals surface area contributed by atoms with Gasteiger partial charge in [0.1, 0.15) is 10.2 Å². The fourth-order valence-corrected chi connectivity index (χ4v) is 3.50. The molecule has 0 spiro atoms. The van der Waals surface area contributed by atoms with E-state index in [1.54, 1.807) is 25.1 Å². The summed E-state index contributed by atoms with van der Waals surface area (Å²) >= 11 is 10.6. The predicted molar refractivity (Wildman–Crippen MR) is 86.4 cm³/mol. The smallest absolute Gasteiger partial charge is 0.334 e. The van der Waals surface area contributed by atoms with Gasteiger partial charge in [-0.05, 0) is 47.1 Å². The van der Waals surface area contributed by atoms with Gasteiger partial charge in [-0.15, -0.1) is 11.3 Å². The fourth-order valence-electron chi connectivity index (χ4n) is 1.72. The molecule has 0 bridgehead atoms. The number of carbonyl (C=O) groups is 1. The van der Waals surface area contributed by atoms with Gasteiger partial charge in [-0.25, -0.2) is 9.18 Å². The van der Waals surface area contributed by atoms with Gasteiger partial charge in [0.05, 0.1) is 6.61 Å². The third-order valence-corrected chi connectivity index (χ3v) is 5.15. The molecule has 1 aromatic carbocycles. The zero-order valence-electron chi connectivity index (χ0n) is 11.0.